The van der Waals surface area contributed by atoms with Gasteiger partial charge in [-0.3, -0.25) is 4.90 Å². The molecule has 0 unspecified atom stereocenters. The van der Waals surface area contributed by atoms with Crippen LogP contribution in [0.5, 0.6) is 0 Å². The molecule has 1 fully saturated rings. The van der Waals surface area contributed by atoms with E-state index in [2.05, 4.69) is 51.5 Å². The minimum Gasteiger partial charge on any atom is -0.439 e. The summed E-state index contributed by atoms with van der Waals surface area (Å²) in [5, 5.41) is 6.66. The van der Waals surface area contributed by atoms with E-state index in [-0.39, 0.29) is 0 Å². The summed E-state index contributed by atoms with van der Waals surface area (Å²) in [6, 6.07) is 8.23. The van der Waals surface area contributed by atoms with Crippen molar-refractivity contribution >= 4 is 5.96 Å². The molecule has 2 aromatic rings. The Kier molecular flexibility index (Phi) is 7.87. The van der Waals surface area contributed by atoms with Crippen LogP contribution in [0.1, 0.15) is 24.8 Å². The normalized spacial score (nSPS) is 15.6. The van der Waals surface area contributed by atoms with Gasteiger partial charge in [0.15, 0.2) is 11.7 Å². The minimum atomic E-state index is 0.407. The SMILES string of the molecule is CCNC(=NCc1ncc(-c2ccc(C)cc2)o1)NCCCN1CCOCC1. The van der Waals surface area contributed by atoms with Crippen molar-refractivity contribution < 1.29 is 9.15 Å². The molecule has 3 rings (SSSR count). The maximum absolute atomic E-state index is 5.85. The van der Waals surface area contributed by atoms with Gasteiger partial charge in [0.2, 0.25) is 5.89 Å². The van der Waals surface area contributed by atoms with Gasteiger partial charge in [-0.1, -0.05) is 29.8 Å². The lowest BCUT2D eigenvalue weighted by Gasteiger charge is -2.26. The van der Waals surface area contributed by atoms with E-state index < -0.39 is 0 Å². The molecule has 1 aromatic carbocycles. The summed E-state index contributed by atoms with van der Waals surface area (Å²) < 4.78 is 11.2. The third-order valence-corrected chi connectivity index (χ3v) is 4.65. The summed E-state index contributed by atoms with van der Waals surface area (Å²) in [6.07, 6.45) is 2.83. The van der Waals surface area contributed by atoms with Gasteiger partial charge in [0, 0.05) is 31.7 Å². The summed E-state index contributed by atoms with van der Waals surface area (Å²) in [6.45, 7) is 11.1. The van der Waals surface area contributed by atoms with Crippen LogP contribution in [0.2, 0.25) is 0 Å². The van der Waals surface area contributed by atoms with Crippen LogP contribution in [0.3, 0.4) is 0 Å². The fourth-order valence-electron chi connectivity index (χ4n) is 3.06. The van der Waals surface area contributed by atoms with Gasteiger partial charge in [-0.25, -0.2) is 9.98 Å². The molecule has 1 aromatic heterocycles. The lowest BCUT2D eigenvalue weighted by molar-refractivity contribution is 0.0376. The monoisotopic (exact) mass is 385 g/mol. The molecule has 0 radical (unpaired) electrons. The Balaban J connectivity index is 1.47. The van der Waals surface area contributed by atoms with E-state index in [0.29, 0.717) is 12.4 Å². The molecule has 2 N–H and O–H groups in total. The molecule has 1 aliphatic rings. The highest BCUT2D eigenvalue weighted by molar-refractivity contribution is 5.79. The van der Waals surface area contributed by atoms with Gasteiger partial charge in [0.1, 0.15) is 6.54 Å². The lowest BCUT2D eigenvalue weighted by Crippen LogP contribution is -2.40. The van der Waals surface area contributed by atoms with E-state index in [0.717, 1.165) is 69.6 Å². The minimum absolute atomic E-state index is 0.407. The fourth-order valence-corrected chi connectivity index (χ4v) is 3.06. The largest absolute Gasteiger partial charge is 0.439 e. The van der Waals surface area contributed by atoms with Gasteiger partial charge in [-0.15, -0.1) is 0 Å². The van der Waals surface area contributed by atoms with Crippen molar-refractivity contribution in [3.05, 3.63) is 41.9 Å². The number of hydrogen-bond acceptors (Lipinski definition) is 5. The summed E-state index contributed by atoms with van der Waals surface area (Å²) in [5.74, 6) is 2.18. The van der Waals surface area contributed by atoms with Crippen LogP contribution in [0.25, 0.3) is 11.3 Å². The number of guanidine groups is 1. The first-order valence-corrected chi connectivity index (χ1v) is 10.1. The molecule has 152 valence electrons. The van der Waals surface area contributed by atoms with Crippen molar-refractivity contribution in [2.24, 2.45) is 4.99 Å². The van der Waals surface area contributed by atoms with Crippen LogP contribution >= 0.6 is 0 Å². The fraction of sp³-hybridized carbons (Fsp3) is 0.524. The number of benzene rings is 1. The average molecular weight is 386 g/mol. The maximum Gasteiger partial charge on any atom is 0.216 e. The number of aliphatic imine (C=N–C) groups is 1. The quantitative estimate of drug-likeness (QED) is 0.413. The topological polar surface area (TPSA) is 74.9 Å². The van der Waals surface area contributed by atoms with Gasteiger partial charge in [-0.2, -0.15) is 0 Å². The second-order valence-corrected chi connectivity index (χ2v) is 6.91. The van der Waals surface area contributed by atoms with Crippen molar-refractivity contribution in [1.82, 2.24) is 20.5 Å². The second kappa shape index (κ2) is 10.8. The van der Waals surface area contributed by atoms with Gasteiger partial charge < -0.3 is 19.8 Å². The first-order chi connectivity index (χ1) is 13.7. The summed E-state index contributed by atoms with van der Waals surface area (Å²) in [7, 11) is 0. The zero-order chi connectivity index (χ0) is 19.6. The Morgan fingerprint density at radius 2 is 1.96 bits per heavy atom. The summed E-state index contributed by atoms with van der Waals surface area (Å²) >= 11 is 0. The number of oxazole rings is 1. The molecule has 7 heteroatoms. The maximum atomic E-state index is 5.85. The Morgan fingerprint density at radius 3 is 2.71 bits per heavy atom. The van der Waals surface area contributed by atoms with Crippen LogP contribution in [0.15, 0.2) is 39.9 Å². The van der Waals surface area contributed by atoms with Crippen molar-refractivity contribution in [3.8, 4) is 11.3 Å². The molecular weight excluding hydrogens is 354 g/mol. The number of morpholine rings is 1. The summed E-state index contributed by atoms with van der Waals surface area (Å²) in [5.41, 5.74) is 2.25. The van der Waals surface area contributed by atoms with Gasteiger partial charge in [0.25, 0.3) is 0 Å². The third kappa shape index (κ3) is 6.35. The number of aromatic nitrogens is 1. The van der Waals surface area contributed by atoms with Crippen LogP contribution in [-0.2, 0) is 11.3 Å². The number of ether oxygens (including phenoxy) is 1. The van der Waals surface area contributed by atoms with Crippen molar-refractivity contribution in [2.75, 3.05) is 45.9 Å². The molecule has 1 saturated heterocycles. The zero-order valence-electron chi connectivity index (χ0n) is 16.9. The van der Waals surface area contributed by atoms with Crippen molar-refractivity contribution in [1.29, 1.82) is 0 Å². The predicted molar refractivity (Wildman–Crippen MR) is 111 cm³/mol. The highest BCUT2D eigenvalue weighted by Gasteiger charge is 2.10. The highest BCUT2D eigenvalue weighted by atomic mass is 16.5. The van der Waals surface area contributed by atoms with Gasteiger partial charge in [0.05, 0.1) is 19.4 Å². The smallest absolute Gasteiger partial charge is 0.216 e. The number of hydrogen-bond donors (Lipinski definition) is 2. The Morgan fingerprint density at radius 1 is 1.18 bits per heavy atom. The van der Waals surface area contributed by atoms with E-state index in [1.165, 1.54) is 5.56 Å². The van der Waals surface area contributed by atoms with Crippen LogP contribution in [-0.4, -0.2) is 61.8 Å². The van der Waals surface area contributed by atoms with Crippen LogP contribution < -0.4 is 10.6 Å². The molecule has 28 heavy (non-hydrogen) atoms. The van der Waals surface area contributed by atoms with Crippen LogP contribution in [0, 0.1) is 6.92 Å². The molecule has 0 aliphatic carbocycles. The first kappa shape index (κ1) is 20.4. The second-order valence-electron chi connectivity index (χ2n) is 6.91. The molecule has 0 spiro atoms. The van der Waals surface area contributed by atoms with E-state index in [1.54, 1.807) is 6.20 Å². The third-order valence-electron chi connectivity index (χ3n) is 4.65. The summed E-state index contributed by atoms with van der Waals surface area (Å²) in [4.78, 5) is 11.4. The highest BCUT2D eigenvalue weighted by Crippen LogP contribution is 2.20. The first-order valence-electron chi connectivity index (χ1n) is 10.1. The molecule has 0 bridgehead atoms. The van der Waals surface area contributed by atoms with E-state index >= 15 is 0 Å². The van der Waals surface area contributed by atoms with Crippen molar-refractivity contribution in [2.45, 2.75) is 26.8 Å². The van der Waals surface area contributed by atoms with Crippen LogP contribution in [0.4, 0.5) is 0 Å². The van der Waals surface area contributed by atoms with Gasteiger partial charge >= 0.3 is 0 Å². The molecule has 7 nitrogen and oxygen atoms in total. The average Bonchev–Trinajstić information content (AvgIpc) is 3.19. The van der Waals surface area contributed by atoms with Gasteiger partial charge in [-0.05, 0) is 26.8 Å². The standard InChI is InChI=1S/C21H31N5O2/c1-3-22-21(23-9-4-10-26-11-13-27-14-12-26)25-16-20-24-15-19(28-20)18-7-5-17(2)6-8-18/h5-8,15H,3-4,9-14,16H2,1-2H3,(H2,22,23,25). The van der Waals surface area contributed by atoms with E-state index in [9.17, 15) is 0 Å². The Hall–Kier alpha value is -2.38. The molecule has 0 amide bonds. The Labute approximate surface area is 167 Å². The van der Waals surface area contributed by atoms with E-state index in [1.807, 2.05) is 12.1 Å². The predicted octanol–water partition coefficient (Wildman–Crippen LogP) is 2.43. The van der Waals surface area contributed by atoms with E-state index in [4.69, 9.17) is 9.15 Å². The number of rotatable bonds is 8. The Bertz CT molecular complexity index is 736. The zero-order valence-corrected chi connectivity index (χ0v) is 16.9. The number of nitrogens with zero attached hydrogens (tertiary/aromatic N) is 3. The van der Waals surface area contributed by atoms with Crippen molar-refractivity contribution in [3.63, 3.8) is 0 Å². The molecule has 0 atom stereocenters. The number of nitrogens with one attached hydrogen (secondary N) is 2. The molecule has 2 heterocycles. The number of aryl methyl sites for hydroxylation is 1. The molecular formula is C21H31N5O2. The molecule has 0 saturated carbocycles. The lowest BCUT2D eigenvalue weighted by atomic mass is 10.1. The molecule has 1 aliphatic heterocycles.